The van der Waals surface area contributed by atoms with Crippen LogP contribution in [0.5, 0.6) is 17.2 Å². The van der Waals surface area contributed by atoms with Crippen LogP contribution in [0.15, 0.2) is 47.3 Å². The highest BCUT2D eigenvalue weighted by Gasteiger charge is 2.14. The van der Waals surface area contributed by atoms with Crippen LogP contribution in [0.2, 0.25) is 0 Å². The molecule has 1 aromatic heterocycles. The lowest BCUT2D eigenvalue weighted by Crippen LogP contribution is -2.22. The van der Waals surface area contributed by atoms with Crippen LogP contribution >= 0.6 is 0 Å². The molecule has 0 atom stereocenters. The zero-order valence-electron chi connectivity index (χ0n) is 14.6. The van der Waals surface area contributed by atoms with E-state index in [1.807, 2.05) is 42.5 Å². The molecule has 1 heterocycles. The molecule has 0 unspecified atom stereocenters. The molecular weight excluding hydrogens is 318 g/mol. The maximum Gasteiger partial charge on any atom is 0.257 e. The van der Waals surface area contributed by atoms with Gasteiger partial charge in [0.1, 0.15) is 5.75 Å². The maximum absolute atomic E-state index is 12.6. The summed E-state index contributed by atoms with van der Waals surface area (Å²) in [5.41, 5.74) is 1.99. The second-order valence-electron chi connectivity index (χ2n) is 5.90. The van der Waals surface area contributed by atoms with Crippen LogP contribution in [0.1, 0.15) is 11.1 Å². The minimum atomic E-state index is -0.170. The molecular formula is C20H21NO4. The van der Waals surface area contributed by atoms with Gasteiger partial charge in [0.25, 0.3) is 5.56 Å². The number of rotatable bonds is 5. The van der Waals surface area contributed by atoms with E-state index in [0.29, 0.717) is 35.3 Å². The fourth-order valence-electron chi connectivity index (χ4n) is 3.07. The number of aromatic nitrogens is 1. The molecule has 0 aliphatic heterocycles. The van der Waals surface area contributed by atoms with Gasteiger partial charge in [-0.1, -0.05) is 18.2 Å². The second-order valence-corrected chi connectivity index (χ2v) is 5.90. The highest BCUT2D eigenvalue weighted by molar-refractivity contribution is 5.86. The van der Waals surface area contributed by atoms with Crippen molar-refractivity contribution in [2.75, 3.05) is 14.2 Å². The third kappa shape index (κ3) is 3.05. The van der Waals surface area contributed by atoms with Crippen LogP contribution in [-0.4, -0.2) is 23.9 Å². The average Bonchev–Trinajstić information content (AvgIpc) is 2.66. The zero-order chi connectivity index (χ0) is 18.0. The third-order valence-corrected chi connectivity index (χ3v) is 4.48. The molecule has 5 heteroatoms. The first kappa shape index (κ1) is 16.9. The van der Waals surface area contributed by atoms with E-state index in [1.54, 1.807) is 25.8 Å². The van der Waals surface area contributed by atoms with Crippen LogP contribution in [0.25, 0.3) is 10.9 Å². The predicted octanol–water partition coefficient (Wildman–Crippen LogP) is 3.05. The van der Waals surface area contributed by atoms with Gasteiger partial charge < -0.3 is 19.1 Å². The van der Waals surface area contributed by atoms with Gasteiger partial charge in [0, 0.05) is 12.4 Å². The summed E-state index contributed by atoms with van der Waals surface area (Å²) in [7, 11) is 4.91. The molecule has 0 saturated heterocycles. The molecule has 25 heavy (non-hydrogen) atoms. The van der Waals surface area contributed by atoms with E-state index in [2.05, 4.69) is 0 Å². The molecule has 0 amide bonds. The Balaban J connectivity index is 1.95. The number of hydrogen-bond donors (Lipinski definition) is 1. The van der Waals surface area contributed by atoms with Crippen molar-refractivity contribution in [3.63, 3.8) is 0 Å². The van der Waals surface area contributed by atoms with Crippen molar-refractivity contribution < 1.29 is 14.6 Å². The Morgan fingerprint density at radius 2 is 1.72 bits per heavy atom. The lowest BCUT2D eigenvalue weighted by atomic mass is 10.0. The number of pyridine rings is 1. The van der Waals surface area contributed by atoms with E-state index in [4.69, 9.17) is 9.47 Å². The van der Waals surface area contributed by atoms with Crippen LogP contribution in [-0.2, 0) is 19.9 Å². The van der Waals surface area contributed by atoms with Gasteiger partial charge in [-0.25, -0.2) is 0 Å². The monoisotopic (exact) mass is 339 g/mol. The SMILES string of the molecule is COc1ccc(CCc2c(O)c3ccccc3n(C)c2=O)cc1OC. The fraction of sp³-hybridized carbons (Fsp3) is 0.250. The standard InChI is InChI=1S/C20H21NO4/c1-21-16-7-5-4-6-14(16)19(22)15(20(21)23)10-8-13-9-11-17(24-2)18(12-13)25-3/h4-7,9,11-12,22H,8,10H2,1-3H3. The van der Waals surface area contributed by atoms with Crippen molar-refractivity contribution in [1.82, 2.24) is 4.57 Å². The molecule has 0 bridgehead atoms. The number of hydrogen-bond acceptors (Lipinski definition) is 4. The van der Waals surface area contributed by atoms with Crippen molar-refractivity contribution in [3.05, 3.63) is 63.9 Å². The first-order valence-electron chi connectivity index (χ1n) is 8.07. The van der Waals surface area contributed by atoms with Crippen molar-refractivity contribution in [2.45, 2.75) is 12.8 Å². The van der Waals surface area contributed by atoms with E-state index in [0.717, 1.165) is 11.1 Å². The lowest BCUT2D eigenvalue weighted by Gasteiger charge is -2.12. The molecule has 3 rings (SSSR count). The number of aryl methyl sites for hydroxylation is 2. The topological polar surface area (TPSA) is 60.7 Å². The Hall–Kier alpha value is -2.95. The fourth-order valence-corrected chi connectivity index (χ4v) is 3.07. The van der Waals surface area contributed by atoms with Crippen LogP contribution in [0.3, 0.4) is 0 Å². The smallest absolute Gasteiger partial charge is 0.257 e. The number of aromatic hydroxyl groups is 1. The predicted molar refractivity (Wildman–Crippen MR) is 97.8 cm³/mol. The highest BCUT2D eigenvalue weighted by Crippen LogP contribution is 2.29. The Morgan fingerprint density at radius 1 is 1.00 bits per heavy atom. The number of para-hydroxylation sites is 1. The van der Waals surface area contributed by atoms with Crippen molar-refractivity contribution in [2.24, 2.45) is 7.05 Å². The quantitative estimate of drug-likeness (QED) is 0.776. The van der Waals surface area contributed by atoms with Gasteiger partial charge in [-0.3, -0.25) is 4.79 Å². The molecule has 1 N–H and O–H groups in total. The summed E-state index contributed by atoms with van der Waals surface area (Å²) in [6, 6.07) is 13.0. The summed E-state index contributed by atoms with van der Waals surface area (Å²) in [6.45, 7) is 0. The first-order valence-corrected chi connectivity index (χ1v) is 8.07. The Kier molecular flexibility index (Phi) is 4.65. The summed E-state index contributed by atoms with van der Waals surface area (Å²) in [5, 5.41) is 11.2. The summed E-state index contributed by atoms with van der Waals surface area (Å²) in [5.74, 6) is 1.38. The molecule has 130 valence electrons. The summed E-state index contributed by atoms with van der Waals surface area (Å²) in [6.07, 6.45) is 1.06. The van der Waals surface area contributed by atoms with Crippen molar-refractivity contribution >= 4 is 10.9 Å². The van der Waals surface area contributed by atoms with E-state index >= 15 is 0 Å². The van der Waals surface area contributed by atoms with Crippen LogP contribution in [0.4, 0.5) is 0 Å². The zero-order valence-corrected chi connectivity index (χ0v) is 14.6. The minimum Gasteiger partial charge on any atom is -0.507 e. The molecule has 2 aromatic carbocycles. The van der Waals surface area contributed by atoms with E-state index in [9.17, 15) is 9.90 Å². The van der Waals surface area contributed by atoms with Crippen molar-refractivity contribution in [1.29, 1.82) is 0 Å². The number of nitrogens with zero attached hydrogens (tertiary/aromatic N) is 1. The maximum atomic E-state index is 12.6. The number of ether oxygens (including phenoxy) is 2. The van der Waals surface area contributed by atoms with E-state index < -0.39 is 0 Å². The van der Waals surface area contributed by atoms with Gasteiger partial charge in [0.15, 0.2) is 11.5 Å². The minimum absolute atomic E-state index is 0.0687. The molecule has 0 aliphatic rings. The first-order chi connectivity index (χ1) is 12.1. The molecule has 0 saturated carbocycles. The van der Waals surface area contributed by atoms with Gasteiger partial charge in [-0.2, -0.15) is 0 Å². The Bertz CT molecular complexity index is 975. The lowest BCUT2D eigenvalue weighted by molar-refractivity contribution is 0.354. The van der Waals surface area contributed by atoms with Crippen LogP contribution < -0.4 is 15.0 Å². The molecule has 0 aliphatic carbocycles. The summed E-state index contributed by atoms with van der Waals surface area (Å²) >= 11 is 0. The van der Waals surface area contributed by atoms with E-state index in [1.165, 1.54) is 0 Å². The van der Waals surface area contributed by atoms with Gasteiger partial charge in [-0.15, -0.1) is 0 Å². The molecule has 0 spiro atoms. The Labute approximate surface area is 146 Å². The Morgan fingerprint density at radius 3 is 2.44 bits per heavy atom. The number of methoxy groups -OCH3 is 2. The third-order valence-electron chi connectivity index (χ3n) is 4.48. The molecule has 5 nitrogen and oxygen atoms in total. The van der Waals surface area contributed by atoms with E-state index in [-0.39, 0.29) is 11.3 Å². The largest absolute Gasteiger partial charge is 0.507 e. The van der Waals surface area contributed by atoms with Gasteiger partial charge in [0.05, 0.1) is 25.3 Å². The average molecular weight is 339 g/mol. The second kappa shape index (κ2) is 6.89. The molecule has 0 fully saturated rings. The number of fused-ring (bicyclic) bond motifs is 1. The van der Waals surface area contributed by atoms with Gasteiger partial charge >= 0.3 is 0 Å². The van der Waals surface area contributed by atoms with Gasteiger partial charge in [0.2, 0.25) is 0 Å². The summed E-state index contributed by atoms with van der Waals surface area (Å²) in [4.78, 5) is 12.6. The summed E-state index contributed by atoms with van der Waals surface area (Å²) < 4.78 is 12.1. The van der Waals surface area contributed by atoms with Crippen LogP contribution in [0, 0.1) is 0 Å². The normalized spacial score (nSPS) is 10.8. The molecule has 0 radical (unpaired) electrons. The number of benzene rings is 2. The van der Waals surface area contributed by atoms with Gasteiger partial charge in [-0.05, 0) is 42.7 Å². The molecule has 3 aromatic rings. The van der Waals surface area contributed by atoms with Crippen molar-refractivity contribution in [3.8, 4) is 17.2 Å². The highest BCUT2D eigenvalue weighted by atomic mass is 16.5.